The molecule has 0 radical (unpaired) electrons. The molecule has 5 heteroatoms. The van der Waals surface area contributed by atoms with E-state index in [-0.39, 0.29) is 0 Å². The standard InChI is InChI=1S/C23H23N3OS/c1-17-6-8-20(9-7-17)16-27-22-12-10-19(11-13-22)15-24-26-23(28)25-21-5-3-4-18(2)14-21/h3-15H,16H2,1-2H3,(H2,25,26,28)/b24-15+. The summed E-state index contributed by atoms with van der Waals surface area (Å²) in [5, 5.41) is 7.72. The zero-order valence-corrected chi connectivity index (χ0v) is 16.8. The van der Waals surface area contributed by atoms with E-state index in [1.165, 1.54) is 11.1 Å². The molecule has 0 bridgehead atoms. The number of benzene rings is 3. The monoisotopic (exact) mass is 389 g/mol. The van der Waals surface area contributed by atoms with Gasteiger partial charge in [-0.2, -0.15) is 5.10 Å². The van der Waals surface area contributed by atoms with Gasteiger partial charge in [0, 0.05) is 5.69 Å². The summed E-state index contributed by atoms with van der Waals surface area (Å²) in [6.45, 7) is 4.66. The molecule has 0 aromatic heterocycles. The van der Waals surface area contributed by atoms with Gasteiger partial charge in [0.1, 0.15) is 12.4 Å². The molecule has 3 aromatic rings. The first-order chi connectivity index (χ1) is 13.6. The highest BCUT2D eigenvalue weighted by Gasteiger charge is 1.98. The average Bonchev–Trinajstić information content (AvgIpc) is 2.68. The first-order valence-electron chi connectivity index (χ1n) is 9.04. The van der Waals surface area contributed by atoms with Crippen LogP contribution >= 0.6 is 12.2 Å². The lowest BCUT2D eigenvalue weighted by molar-refractivity contribution is 0.306. The summed E-state index contributed by atoms with van der Waals surface area (Å²) >= 11 is 5.25. The molecule has 0 aliphatic rings. The molecule has 28 heavy (non-hydrogen) atoms. The Morgan fingerprint density at radius 3 is 2.43 bits per heavy atom. The van der Waals surface area contributed by atoms with Crippen LogP contribution in [0.4, 0.5) is 5.69 Å². The first kappa shape index (κ1) is 19.6. The molecule has 0 amide bonds. The molecule has 0 atom stereocenters. The number of hydrogen-bond donors (Lipinski definition) is 2. The van der Waals surface area contributed by atoms with Crippen molar-refractivity contribution in [2.45, 2.75) is 20.5 Å². The Morgan fingerprint density at radius 1 is 0.964 bits per heavy atom. The van der Waals surface area contributed by atoms with Gasteiger partial charge < -0.3 is 10.1 Å². The Hall–Kier alpha value is -3.18. The zero-order chi connectivity index (χ0) is 19.8. The Morgan fingerprint density at radius 2 is 1.71 bits per heavy atom. The van der Waals surface area contributed by atoms with Gasteiger partial charge in [-0.1, -0.05) is 42.0 Å². The SMILES string of the molecule is Cc1ccc(COc2ccc(/C=N/NC(=S)Nc3cccc(C)c3)cc2)cc1. The Labute approximate surface area is 171 Å². The summed E-state index contributed by atoms with van der Waals surface area (Å²) in [7, 11) is 0. The summed E-state index contributed by atoms with van der Waals surface area (Å²) in [6, 6.07) is 24.1. The zero-order valence-electron chi connectivity index (χ0n) is 16.0. The van der Waals surface area contributed by atoms with Crippen molar-refractivity contribution < 1.29 is 4.74 Å². The van der Waals surface area contributed by atoms with E-state index in [1.807, 2.05) is 55.5 Å². The lowest BCUT2D eigenvalue weighted by atomic mass is 10.2. The molecular formula is C23H23N3OS. The fraction of sp³-hybridized carbons (Fsp3) is 0.130. The summed E-state index contributed by atoms with van der Waals surface area (Å²) < 4.78 is 5.81. The first-order valence-corrected chi connectivity index (χ1v) is 9.44. The number of hydrazone groups is 1. The van der Waals surface area contributed by atoms with Crippen molar-refractivity contribution >= 4 is 29.2 Å². The van der Waals surface area contributed by atoms with Gasteiger partial charge in [-0.05, 0) is 79.2 Å². The number of aryl methyl sites for hydroxylation is 2. The van der Waals surface area contributed by atoms with E-state index >= 15 is 0 Å². The van der Waals surface area contributed by atoms with Gasteiger partial charge in [0.25, 0.3) is 0 Å². The number of rotatable bonds is 6. The predicted molar refractivity (Wildman–Crippen MR) is 120 cm³/mol. The molecule has 0 fully saturated rings. The van der Waals surface area contributed by atoms with Gasteiger partial charge in [0.15, 0.2) is 5.11 Å². The Balaban J connectivity index is 1.46. The minimum Gasteiger partial charge on any atom is -0.489 e. The number of nitrogens with one attached hydrogen (secondary N) is 2. The summed E-state index contributed by atoms with van der Waals surface area (Å²) in [5.74, 6) is 0.822. The molecule has 0 saturated heterocycles. The van der Waals surface area contributed by atoms with Crippen molar-refractivity contribution in [3.05, 3.63) is 95.1 Å². The summed E-state index contributed by atoms with van der Waals surface area (Å²) in [4.78, 5) is 0. The molecule has 3 rings (SSSR count). The maximum Gasteiger partial charge on any atom is 0.191 e. The van der Waals surface area contributed by atoms with Crippen molar-refractivity contribution in [1.82, 2.24) is 5.43 Å². The quantitative estimate of drug-likeness (QED) is 0.345. The van der Waals surface area contributed by atoms with Crippen LogP contribution in [0, 0.1) is 13.8 Å². The third kappa shape index (κ3) is 6.21. The van der Waals surface area contributed by atoms with E-state index in [0.29, 0.717) is 11.7 Å². The van der Waals surface area contributed by atoms with Crippen molar-refractivity contribution in [3.63, 3.8) is 0 Å². The van der Waals surface area contributed by atoms with Crippen LogP contribution in [-0.2, 0) is 6.61 Å². The van der Waals surface area contributed by atoms with Gasteiger partial charge in [-0.15, -0.1) is 0 Å². The second-order valence-electron chi connectivity index (χ2n) is 6.54. The van der Waals surface area contributed by atoms with Gasteiger partial charge in [0.05, 0.1) is 6.21 Å². The van der Waals surface area contributed by atoms with E-state index < -0.39 is 0 Å². The van der Waals surface area contributed by atoms with E-state index in [9.17, 15) is 0 Å². The van der Waals surface area contributed by atoms with E-state index in [2.05, 4.69) is 47.0 Å². The smallest absolute Gasteiger partial charge is 0.191 e. The van der Waals surface area contributed by atoms with Gasteiger partial charge in [-0.25, -0.2) is 0 Å². The molecular weight excluding hydrogens is 366 g/mol. The van der Waals surface area contributed by atoms with Crippen LogP contribution in [0.3, 0.4) is 0 Å². The molecule has 0 unspecified atom stereocenters. The molecule has 3 aromatic carbocycles. The highest BCUT2D eigenvalue weighted by Crippen LogP contribution is 2.14. The lowest BCUT2D eigenvalue weighted by Gasteiger charge is -2.08. The molecule has 0 heterocycles. The highest BCUT2D eigenvalue weighted by atomic mass is 32.1. The van der Waals surface area contributed by atoms with Crippen molar-refractivity contribution in [2.24, 2.45) is 5.10 Å². The minimum atomic E-state index is 0.444. The molecule has 4 nitrogen and oxygen atoms in total. The molecule has 0 aliphatic carbocycles. The topological polar surface area (TPSA) is 45.6 Å². The van der Waals surface area contributed by atoms with Gasteiger partial charge in [0.2, 0.25) is 0 Å². The van der Waals surface area contributed by atoms with Crippen LogP contribution in [0.2, 0.25) is 0 Å². The maximum atomic E-state index is 5.81. The number of anilines is 1. The summed E-state index contributed by atoms with van der Waals surface area (Å²) in [6.07, 6.45) is 1.72. The van der Waals surface area contributed by atoms with Crippen LogP contribution in [0.5, 0.6) is 5.75 Å². The second kappa shape index (κ2) is 9.67. The third-order valence-electron chi connectivity index (χ3n) is 4.06. The molecule has 142 valence electrons. The fourth-order valence-electron chi connectivity index (χ4n) is 2.55. The van der Waals surface area contributed by atoms with E-state index in [0.717, 1.165) is 22.6 Å². The van der Waals surface area contributed by atoms with Crippen molar-refractivity contribution in [3.8, 4) is 5.75 Å². The number of hydrogen-bond acceptors (Lipinski definition) is 3. The Kier molecular flexibility index (Phi) is 6.76. The van der Waals surface area contributed by atoms with E-state index in [4.69, 9.17) is 17.0 Å². The summed E-state index contributed by atoms with van der Waals surface area (Å²) in [5.41, 5.74) is 8.27. The van der Waals surface area contributed by atoms with Crippen molar-refractivity contribution in [1.29, 1.82) is 0 Å². The molecule has 0 saturated carbocycles. The molecule has 0 spiro atoms. The second-order valence-corrected chi connectivity index (χ2v) is 6.95. The van der Waals surface area contributed by atoms with Gasteiger partial charge >= 0.3 is 0 Å². The lowest BCUT2D eigenvalue weighted by Crippen LogP contribution is -2.23. The van der Waals surface area contributed by atoms with Crippen LogP contribution in [0.25, 0.3) is 0 Å². The normalized spacial score (nSPS) is 10.6. The highest BCUT2D eigenvalue weighted by molar-refractivity contribution is 7.80. The fourth-order valence-corrected chi connectivity index (χ4v) is 2.72. The van der Waals surface area contributed by atoms with Crippen molar-refractivity contribution in [2.75, 3.05) is 5.32 Å². The van der Waals surface area contributed by atoms with Crippen LogP contribution in [-0.4, -0.2) is 11.3 Å². The Bertz CT molecular complexity index is 950. The molecule has 0 aliphatic heterocycles. The maximum absolute atomic E-state index is 5.81. The number of ether oxygens (including phenoxy) is 1. The van der Waals surface area contributed by atoms with E-state index in [1.54, 1.807) is 6.21 Å². The minimum absolute atomic E-state index is 0.444. The van der Waals surface area contributed by atoms with Crippen LogP contribution in [0.1, 0.15) is 22.3 Å². The van der Waals surface area contributed by atoms with Crippen LogP contribution < -0.4 is 15.5 Å². The van der Waals surface area contributed by atoms with Gasteiger partial charge in [-0.3, -0.25) is 5.43 Å². The number of thiocarbonyl (C=S) groups is 1. The number of nitrogens with zero attached hydrogens (tertiary/aromatic N) is 1. The third-order valence-corrected chi connectivity index (χ3v) is 4.26. The largest absolute Gasteiger partial charge is 0.489 e. The molecule has 2 N–H and O–H groups in total. The van der Waals surface area contributed by atoms with Crippen LogP contribution in [0.15, 0.2) is 77.9 Å². The average molecular weight is 390 g/mol. The predicted octanol–water partition coefficient (Wildman–Crippen LogP) is 5.20.